The van der Waals surface area contributed by atoms with Gasteiger partial charge in [-0.1, -0.05) is 29.3 Å². The minimum Gasteiger partial charge on any atom is -0.772 e. The summed E-state index contributed by atoms with van der Waals surface area (Å²) in [5.41, 5.74) is 0. The number of ether oxygens (including phenoxy) is 1. The van der Waals surface area contributed by atoms with E-state index in [1.54, 1.807) is 24.3 Å². The van der Waals surface area contributed by atoms with Crippen LogP contribution in [0.1, 0.15) is 6.42 Å². The Morgan fingerprint density at radius 2 is 2.12 bits per heavy atom. The smallest absolute Gasteiger partial charge is 0.415 e. The molecule has 92 valence electrons. The van der Waals surface area contributed by atoms with E-state index < -0.39 is 22.4 Å². The molecule has 0 saturated carbocycles. The predicted octanol–water partition coefficient (Wildman–Crippen LogP) is 1.14. The fraction of sp³-hybridized carbons (Fsp3) is 0.364. The SMILES string of the molecule is O=C(Oc1ccccc1)N1CCC(S(=O)[O-])C1. The Morgan fingerprint density at radius 3 is 2.71 bits per heavy atom. The number of carbonyl (C=O) groups is 1. The number of likely N-dealkylation sites (tertiary alicyclic amines) is 1. The van der Waals surface area contributed by atoms with Gasteiger partial charge in [0.15, 0.2) is 0 Å². The fourth-order valence-corrected chi connectivity index (χ4v) is 2.30. The molecule has 5 nitrogen and oxygen atoms in total. The molecular weight excluding hydrogens is 242 g/mol. The van der Waals surface area contributed by atoms with E-state index in [1.165, 1.54) is 4.90 Å². The zero-order chi connectivity index (χ0) is 12.3. The van der Waals surface area contributed by atoms with Crippen molar-refractivity contribution in [3.63, 3.8) is 0 Å². The van der Waals surface area contributed by atoms with E-state index in [1.807, 2.05) is 6.07 Å². The highest BCUT2D eigenvalue weighted by molar-refractivity contribution is 7.79. The van der Waals surface area contributed by atoms with Crippen molar-refractivity contribution < 1.29 is 18.3 Å². The van der Waals surface area contributed by atoms with Crippen LogP contribution in [0.15, 0.2) is 30.3 Å². The van der Waals surface area contributed by atoms with Gasteiger partial charge in [0.2, 0.25) is 0 Å². The summed E-state index contributed by atoms with van der Waals surface area (Å²) in [5.74, 6) is 0.462. The third-order valence-electron chi connectivity index (χ3n) is 2.62. The molecule has 2 atom stereocenters. The summed E-state index contributed by atoms with van der Waals surface area (Å²) in [6.45, 7) is 0.631. The van der Waals surface area contributed by atoms with Crippen molar-refractivity contribution in [3.8, 4) is 5.75 Å². The molecule has 1 fully saturated rings. The molecule has 1 aliphatic rings. The Balaban J connectivity index is 1.92. The van der Waals surface area contributed by atoms with Crippen molar-refractivity contribution in [2.45, 2.75) is 11.7 Å². The van der Waals surface area contributed by atoms with E-state index in [9.17, 15) is 13.6 Å². The Bertz CT molecular complexity index is 423. The number of para-hydroxylation sites is 1. The zero-order valence-corrected chi connectivity index (χ0v) is 9.89. The van der Waals surface area contributed by atoms with Crippen molar-refractivity contribution in [2.24, 2.45) is 0 Å². The van der Waals surface area contributed by atoms with Crippen LogP contribution in [0.5, 0.6) is 5.75 Å². The Labute approximate surface area is 102 Å². The molecular formula is C11H12NO4S-. The van der Waals surface area contributed by atoms with E-state index in [-0.39, 0.29) is 6.54 Å². The zero-order valence-electron chi connectivity index (χ0n) is 9.07. The molecule has 6 heteroatoms. The summed E-state index contributed by atoms with van der Waals surface area (Å²) in [5, 5.41) is -0.474. The van der Waals surface area contributed by atoms with Gasteiger partial charge in [0, 0.05) is 18.3 Å². The molecule has 0 bridgehead atoms. The quantitative estimate of drug-likeness (QED) is 0.742. The highest BCUT2D eigenvalue weighted by Gasteiger charge is 2.28. The monoisotopic (exact) mass is 254 g/mol. The Hall–Kier alpha value is -1.40. The number of amides is 1. The lowest BCUT2D eigenvalue weighted by Crippen LogP contribution is -2.32. The number of hydrogen-bond acceptors (Lipinski definition) is 4. The number of carbonyl (C=O) groups excluding carboxylic acids is 1. The van der Waals surface area contributed by atoms with Gasteiger partial charge in [0.25, 0.3) is 0 Å². The van der Waals surface area contributed by atoms with Gasteiger partial charge in [-0.05, 0) is 18.6 Å². The maximum atomic E-state index is 11.7. The van der Waals surface area contributed by atoms with Crippen molar-refractivity contribution in [1.29, 1.82) is 0 Å². The summed E-state index contributed by atoms with van der Waals surface area (Å²) in [6, 6.07) is 8.71. The lowest BCUT2D eigenvalue weighted by atomic mass is 10.3. The molecule has 0 spiro atoms. The molecule has 0 radical (unpaired) electrons. The van der Waals surface area contributed by atoms with Crippen LogP contribution in [0.2, 0.25) is 0 Å². The summed E-state index contributed by atoms with van der Waals surface area (Å²) in [4.78, 5) is 13.1. The first-order chi connectivity index (χ1) is 8.16. The van der Waals surface area contributed by atoms with E-state index in [4.69, 9.17) is 4.74 Å². The van der Waals surface area contributed by atoms with Crippen LogP contribution < -0.4 is 4.74 Å². The van der Waals surface area contributed by atoms with E-state index in [0.717, 1.165) is 0 Å². The van der Waals surface area contributed by atoms with E-state index >= 15 is 0 Å². The van der Waals surface area contributed by atoms with Crippen LogP contribution in [0, 0.1) is 0 Å². The lowest BCUT2D eigenvalue weighted by Gasteiger charge is -2.17. The minimum absolute atomic E-state index is 0.210. The molecule has 1 amide bonds. The standard InChI is InChI=1S/C11H13NO4S/c13-11(16-9-4-2-1-3-5-9)12-7-6-10(8-12)17(14)15/h1-5,10H,6-8H2,(H,14,15)/p-1. The van der Waals surface area contributed by atoms with Crippen molar-refractivity contribution >= 4 is 17.2 Å². The molecule has 1 saturated heterocycles. The fourth-order valence-electron chi connectivity index (χ4n) is 1.71. The van der Waals surface area contributed by atoms with Gasteiger partial charge in [-0.3, -0.25) is 4.21 Å². The molecule has 0 aromatic heterocycles. The van der Waals surface area contributed by atoms with Crippen molar-refractivity contribution in [2.75, 3.05) is 13.1 Å². The number of hydrogen-bond donors (Lipinski definition) is 0. The highest BCUT2D eigenvalue weighted by atomic mass is 32.2. The molecule has 0 N–H and O–H groups in total. The van der Waals surface area contributed by atoms with Crippen molar-refractivity contribution in [3.05, 3.63) is 30.3 Å². The normalized spacial score (nSPS) is 21.2. The second-order valence-electron chi connectivity index (χ2n) is 3.80. The molecule has 0 aliphatic carbocycles. The summed E-state index contributed by atoms with van der Waals surface area (Å²) >= 11 is -2.12. The Kier molecular flexibility index (Phi) is 3.75. The predicted molar refractivity (Wildman–Crippen MR) is 61.4 cm³/mol. The highest BCUT2D eigenvalue weighted by Crippen LogP contribution is 2.16. The van der Waals surface area contributed by atoms with Crippen LogP contribution in [0.4, 0.5) is 4.79 Å². The van der Waals surface area contributed by atoms with Crippen LogP contribution in [0.3, 0.4) is 0 Å². The molecule has 1 aromatic carbocycles. The average Bonchev–Trinajstić information content (AvgIpc) is 2.79. The number of benzene rings is 1. The first-order valence-corrected chi connectivity index (χ1v) is 6.40. The number of rotatable bonds is 2. The largest absolute Gasteiger partial charge is 0.772 e. The topological polar surface area (TPSA) is 69.7 Å². The van der Waals surface area contributed by atoms with Gasteiger partial charge in [-0.15, -0.1) is 0 Å². The maximum Gasteiger partial charge on any atom is 0.415 e. The first kappa shape index (κ1) is 12.1. The van der Waals surface area contributed by atoms with Gasteiger partial charge in [-0.2, -0.15) is 0 Å². The van der Waals surface area contributed by atoms with Crippen molar-refractivity contribution in [1.82, 2.24) is 4.90 Å². The van der Waals surface area contributed by atoms with Gasteiger partial charge in [0.1, 0.15) is 5.75 Å². The molecule has 1 heterocycles. The second kappa shape index (κ2) is 5.29. The maximum absolute atomic E-state index is 11.7. The summed E-state index contributed by atoms with van der Waals surface area (Å²) in [7, 11) is 0. The average molecular weight is 254 g/mol. The van der Waals surface area contributed by atoms with E-state index in [2.05, 4.69) is 0 Å². The third-order valence-corrected chi connectivity index (χ3v) is 3.55. The van der Waals surface area contributed by atoms with Crippen LogP contribution in [-0.4, -0.2) is 38.1 Å². The van der Waals surface area contributed by atoms with Gasteiger partial charge < -0.3 is 14.2 Å². The van der Waals surface area contributed by atoms with Crippen LogP contribution >= 0.6 is 0 Å². The lowest BCUT2D eigenvalue weighted by molar-refractivity contribution is 0.163. The molecule has 17 heavy (non-hydrogen) atoms. The summed E-state index contributed by atoms with van der Waals surface area (Å²) in [6.07, 6.45) is -0.0239. The molecule has 2 unspecified atom stereocenters. The minimum atomic E-state index is -2.12. The molecule has 1 aliphatic heterocycles. The second-order valence-corrected chi connectivity index (χ2v) is 4.99. The molecule has 1 aromatic rings. The number of nitrogens with zero attached hydrogens (tertiary/aromatic N) is 1. The van der Waals surface area contributed by atoms with Crippen LogP contribution in [-0.2, 0) is 11.1 Å². The summed E-state index contributed by atoms with van der Waals surface area (Å²) < 4.78 is 26.6. The van der Waals surface area contributed by atoms with Gasteiger partial charge in [0.05, 0.1) is 0 Å². The molecule has 2 rings (SSSR count). The third kappa shape index (κ3) is 3.04. The first-order valence-electron chi connectivity index (χ1n) is 5.26. The van der Waals surface area contributed by atoms with Gasteiger partial charge >= 0.3 is 6.09 Å². The van der Waals surface area contributed by atoms with E-state index in [0.29, 0.717) is 18.7 Å². The van der Waals surface area contributed by atoms with Gasteiger partial charge in [-0.25, -0.2) is 4.79 Å². The van der Waals surface area contributed by atoms with Crippen LogP contribution in [0.25, 0.3) is 0 Å². The Morgan fingerprint density at radius 1 is 1.41 bits per heavy atom.